The Kier molecular flexibility index (Phi) is 6.62. The van der Waals surface area contributed by atoms with Crippen LogP contribution < -0.4 is 19.5 Å². The highest BCUT2D eigenvalue weighted by Crippen LogP contribution is 2.30. The Hall–Kier alpha value is -3.00. The van der Waals surface area contributed by atoms with E-state index in [9.17, 15) is 14.9 Å². The molecule has 2 aromatic carbocycles. The number of ether oxygens (including phenoxy) is 3. The van der Waals surface area contributed by atoms with Gasteiger partial charge in [-0.2, -0.15) is 0 Å². The molecule has 0 aliphatic rings. The molecule has 9 heteroatoms. The molecule has 1 amide bonds. The summed E-state index contributed by atoms with van der Waals surface area (Å²) in [5.74, 6) is 0.679. The molecule has 8 nitrogen and oxygen atoms in total. The molecule has 0 radical (unpaired) electrons. The number of benzene rings is 2. The predicted molar refractivity (Wildman–Crippen MR) is 95.0 cm³/mol. The van der Waals surface area contributed by atoms with Crippen molar-refractivity contribution in [1.29, 1.82) is 0 Å². The fraction of sp³-hybridized carbons (Fsp3) is 0.235. The molecule has 0 saturated carbocycles. The van der Waals surface area contributed by atoms with Crippen LogP contribution in [0.25, 0.3) is 0 Å². The highest BCUT2D eigenvalue weighted by atomic mass is 35.5. The Balaban J connectivity index is 1.93. The van der Waals surface area contributed by atoms with E-state index in [1.165, 1.54) is 32.4 Å². The Labute approximate surface area is 154 Å². The molecule has 0 heterocycles. The second kappa shape index (κ2) is 8.91. The monoisotopic (exact) mass is 380 g/mol. The van der Waals surface area contributed by atoms with Crippen molar-refractivity contribution in [2.45, 2.75) is 6.54 Å². The van der Waals surface area contributed by atoms with Crippen molar-refractivity contribution in [3.05, 3.63) is 57.1 Å². The van der Waals surface area contributed by atoms with Crippen molar-refractivity contribution in [3.63, 3.8) is 0 Å². The Morgan fingerprint density at radius 3 is 2.46 bits per heavy atom. The molecule has 2 rings (SSSR count). The van der Waals surface area contributed by atoms with Gasteiger partial charge in [-0.3, -0.25) is 14.9 Å². The van der Waals surface area contributed by atoms with Gasteiger partial charge in [0.25, 0.3) is 5.91 Å². The summed E-state index contributed by atoms with van der Waals surface area (Å²) in [5.41, 5.74) is 0.499. The lowest BCUT2D eigenvalue weighted by Gasteiger charge is -2.11. The van der Waals surface area contributed by atoms with Gasteiger partial charge in [-0.25, -0.2) is 0 Å². The van der Waals surface area contributed by atoms with Crippen LogP contribution in [0.3, 0.4) is 0 Å². The Morgan fingerprint density at radius 2 is 1.81 bits per heavy atom. The number of carbonyl (C=O) groups excluding carboxylic acids is 1. The number of amides is 1. The molecule has 0 saturated heterocycles. The summed E-state index contributed by atoms with van der Waals surface area (Å²) >= 11 is 5.73. The standard InChI is InChI=1S/C17H17ClN2O6/c1-24-15-5-3-11(7-16(15)25-2)9-19-17(21)10-26-14-6-4-12(18)8-13(14)20(22)23/h3-8H,9-10H2,1-2H3,(H,19,21). The molecule has 0 spiro atoms. The fourth-order valence-electron chi connectivity index (χ4n) is 2.14. The van der Waals surface area contributed by atoms with E-state index in [1.807, 2.05) is 0 Å². The lowest BCUT2D eigenvalue weighted by atomic mass is 10.2. The van der Waals surface area contributed by atoms with Crippen molar-refractivity contribution < 1.29 is 23.9 Å². The van der Waals surface area contributed by atoms with E-state index in [0.717, 1.165) is 5.56 Å². The molecule has 0 aliphatic heterocycles. The zero-order valence-corrected chi connectivity index (χ0v) is 14.9. The largest absolute Gasteiger partial charge is 0.493 e. The minimum Gasteiger partial charge on any atom is -0.493 e. The van der Waals surface area contributed by atoms with Crippen LogP contribution in [0.15, 0.2) is 36.4 Å². The van der Waals surface area contributed by atoms with Gasteiger partial charge in [0.2, 0.25) is 0 Å². The summed E-state index contributed by atoms with van der Waals surface area (Å²) < 4.78 is 15.6. The van der Waals surface area contributed by atoms with Crippen molar-refractivity contribution in [2.24, 2.45) is 0 Å². The van der Waals surface area contributed by atoms with Gasteiger partial charge in [-0.05, 0) is 29.8 Å². The van der Waals surface area contributed by atoms with Crippen LogP contribution in [-0.4, -0.2) is 31.7 Å². The van der Waals surface area contributed by atoms with Crippen LogP contribution in [0.4, 0.5) is 5.69 Å². The van der Waals surface area contributed by atoms with E-state index in [1.54, 1.807) is 18.2 Å². The zero-order valence-electron chi connectivity index (χ0n) is 14.2. The molecule has 1 N–H and O–H groups in total. The second-order valence-electron chi connectivity index (χ2n) is 5.12. The Bertz CT molecular complexity index is 812. The quantitative estimate of drug-likeness (QED) is 0.558. The minimum absolute atomic E-state index is 0.0272. The van der Waals surface area contributed by atoms with Gasteiger partial charge >= 0.3 is 5.69 Å². The first-order valence-corrected chi connectivity index (χ1v) is 7.86. The average molecular weight is 381 g/mol. The molecule has 0 unspecified atom stereocenters. The van der Waals surface area contributed by atoms with E-state index in [4.69, 9.17) is 25.8 Å². The third-order valence-corrected chi connectivity index (χ3v) is 3.65. The molecule has 2 aromatic rings. The fourth-order valence-corrected chi connectivity index (χ4v) is 2.31. The first-order valence-electron chi connectivity index (χ1n) is 7.49. The molecule has 0 atom stereocenters. The zero-order chi connectivity index (χ0) is 19.1. The van der Waals surface area contributed by atoms with Crippen LogP contribution in [0, 0.1) is 10.1 Å². The molecular weight excluding hydrogens is 364 g/mol. The summed E-state index contributed by atoms with van der Waals surface area (Å²) in [7, 11) is 3.06. The molecule has 0 aromatic heterocycles. The predicted octanol–water partition coefficient (Wildman–Crippen LogP) is 2.96. The first-order chi connectivity index (χ1) is 12.4. The summed E-state index contributed by atoms with van der Waals surface area (Å²) in [6.45, 7) is -0.124. The number of hydrogen-bond acceptors (Lipinski definition) is 6. The number of nitrogens with one attached hydrogen (secondary N) is 1. The van der Waals surface area contributed by atoms with Crippen LogP contribution >= 0.6 is 11.6 Å². The molecule has 0 aliphatic carbocycles. The maximum atomic E-state index is 11.9. The number of hydrogen-bond donors (Lipinski definition) is 1. The van der Waals surface area contributed by atoms with Crippen molar-refractivity contribution in [3.8, 4) is 17.2 Å². The summed E-state index contributed by atoms with van der Waals surface area (Å²) in [6.07, 6.45) is 0. The van der Waals surface area contributed by atoms with E-state index < -0.39 is 10.8 Å². The van der Waals surface area contributed by atoms with Crippen molar-refractivity contribution in [1.82, 2.24) is 5.32 Å². The SMILES string of the molecule is COc1ccc(CNC(=O)COc2ccc(Cl)cc2[N+](=O)[O-])cc1OC. The number of rotatable bonds is 8. The van der Waals surface area contributed by atoms with Crippen LogP contribution in [-0.2, 0) is 11.3 Å². The average Bonchev–Trinajstić information content (AvgIpc) is 2.64. The Morgan fingerprint density at radius 1 is 1.12 bits per heavy atom. The molecular formula is C17H17ClN2O6. The number of nitro groups is 1. The third-order valence-electron chi connectivity index (χ3n) is 3.41. The smallest absolute Gasteiger partial charge is 0.312 e. The van der Waals surface area contributed by atoms with Crippen LogP contribution in [0.5, 0.6) is 17.2 Å². The summed E-state index contributed by atoms with van der Waals surface area (Å²) in [4.78, 5) is 22.3. The van der Waals surface area contributed by atoms with E-state index >= 15 is 0 Å². The van der Waals surface area contributed by atoms with Gasteiger partial charge in [-0.1, -0.05) is 17.7 Å². The normalized spacial score (nSPS) is 10.1. The van der Waals surface area contributed by atoms with Crippen molar-refractivity contribution in [2.75, 3.05) is 20.8 Å². The van der Waals surface area contributed by atoms with Gasteiger partial charge in [0, 0.05) is 17.6 Å². The third kappa shape index (κ3) is 5.00. The summed E-state index contributed by atoms with van der Waals surface area (Å²) in [6, 6.07) is 9.22. The highest BCUT2D eigenvalue weighted by molar-refractivity contribution is 6.30. The van der Waals surface area contributed by atoms with Gasteiger partial charge in [-0.15, -0.1) is 0 Å². The number of carbonyl (C=O) groups is 1. The van der Waals surface area contributed by atoms with Gasteiger partial charge < -0.3 is 19.5 Å². The molecule has 0 bridgehead atoms. The van der Waals surface area contributed by atoms with Gasteiger partial charge in [0.1, 0.15) is 0 Å². The molecule has 26 heavy (non-hydrogen) atoms. The maximum Gasteiger partial charge on any atom is 0.312 e. The van der Waals surface area contributed by atoms with E-state index in [0.29, 0.717) is 11.5 Å². The first kappa shape index (κ1) is 19.3. The maximum absolute atomic E-state index is 11.9. The van der Waals surface area contributed by atoms with Gasteiger partial charge in [0.15, 0.2) is 23.9 Å². The van der Waals surface area contributed by atoms with Crippen LogP contribution in [0.2, 0.25) is 5.02 Å². The highest BCUT2D eigenvalue weighted by Gasteiger charge is 2.16. The van der Waals surface area contributed by atoms with Gasteiger partial charge in [0.05, 0.1) is 19.1 Å². The minimum atomic E-state index is -0.622. The number of nitrogens with zero attached hydrogens (tertiary/aromatic N) is 1. The topological polar surface area (TPSA) is 99.9 Å². The molecule has 0 fully saturated rings. The van der Waals surface area contributed by atoms with Crippen LogP contribution in [0.1, 0.15) is 5.56 Å². The van der Waals surface area contributed by atoms with E-state index in [-0.39, 0.29) is 29.6 Å². The second-order valence-corrected chi connectivity index (χ2v) is 5.56. The lowest BCUT2D eigenvalue weighted by molar-refractivity contribution is -0.385. The lowest BCUT2D eigenvalue weighted by Crippen LogP contribution is -2.28. The van der Waals surface area contributed by atoms with Crippen molar-refractivity contribution >= 4 is 23.2 Å². The number of methoxy groups -OCH3 is 2. The number of halogens is 1. The van der Waals surface area contributed by atoms with E-state index in [2.05, 4.69) is 5.32 Å². The summed E-state index contributed by atoms with van der Waals surface area (Å²) in [5, 5.41) is 13.9. The number of nitro benzene ring substituents is 1. The molecule has 138 valence electrons.